The molecule has 1 rings (SSSR count). The summed E-state index contributed by atoms with van der Waals surface area (Å²) in [6, 6.07) is 2.04. The van der Waals surface area contributed by atoms with E-state index in [0.29, 0.717) is 6.42 Å². The van der Waals surface area contributed by atoms with Crippen LogP contribution in [0.4, 0.5) is 0 Å². The molecular formula is C10H15NO. The van der Waals surface area contributed by atoms with Crippen molar-refractivity contribution in [3.63, 3.8) is 0 Å². The number of aryl methyl sites for hydroxylation is 2. The first-order chi connectivity index (χ1) is 5.69. The minimum Gasteiger partial charge on any atom is -0.356 e. The van der Waals surface area contributed by atoms with Crippen LogP contribution in [0.2, 0.25) is 0 Å². The van der Waals surface area contributed by atoms with Crippen molar-refractivity contribution < 1.29 is 4.79 Å². The monoisotopic (exact) mass is 165 g/mol. The largest absolute Gasteiger partial charge is 0.356 e. The van der Waals surface area contributed by atoms with Gasteiger partial charge in [0.25, 0.3) is 0 Å². The van der Waals surface area contributed by atoms with Gasteiger partial charge in [-0.25, -0.2) is 0 Å². The summed E-state index contributed by atoms with van der Waals surface area (Å²) >= 11 is 0. The number of hydrogen-bond donors (Lipinski definition) is 1. The van der Waals surface area contributed by atoms with Gasteiger partial charge in [0.1, 0.15) is 0 Å². The van der Waals surface area contributed by atoms with E-state index in [0.717, 1.165) is 23.4 Å². The Morgan fingerprint density at radius 3 is 2.67 bits per heavy atom. The van der Waals surface area contributed by atoms with E-state index in [-0.39, 0.29) is 5.78 Å². The number of rotatable bonds is 3. The topological polar surface area (TPSA) is 32.9 Å². The number of hydrogen-bond acceptors (Lipinski definition) is 1. The predicted octanol–water partition coefficient (Wildman–Crippen LogP) is 2.48. The fourth-order valence-electron chi connectivity index (χ4n) is 1.35. The molecule has 0 saturated heterocycles. The molecule has 0 fully saturated rings. The van der Waals surface area contributed by atoms with Gasteiger partial charge in [-0.05, 0) is 25.0 Å². The standard InChI is InChI=1S/C10H15NO/c1-4-8-6-7(3)11-10(8)9(12)5-2/h6,11H,4-5H2,1-3H3. The van der Waals surface area contributed by atoms with Crippen molar-refractivity contribution in [1.29, 1.82) is 0 Å². The molecule has 2 heteroatoms. The van der Waals surface area contributed by atoms with Crippen LogP contribution in [0.1, 0.15) is 42.0 Å². The van der Waals surface area contributed by atoms with Crippen LogP contribution < -0.4 is 0 Å². The summed E-state index contributed by atoms with van der Waals surface area (Å²) in [4.78, 5) is 14.5. The third kappa shape index (κ3) is 1.58. The molecule has 1 N–H and O–H groups in total. The van der Waals surface area contributed by atoms with E-state index in [9.17, 15) is 4.79 Å². The highest BCUT2D eigenvalue weighted by molar-refractivity contribution is 5.95. The Morgan fingerprint density at radius 1 is 1.50 bits per heavy atom. The zero-order valence-electron chi connectivity index (χ0n) is 7.90. The van der Waals surface area contributed by atoms with Crippen LogP contribution >= 0.6 is 0 Å². The Kier molecular flexibility index (Phi) is 2.69. The molecule has 0 unspecified atom stereocenters. The smallest absolute Gasteiger partial charge is 0.179 e. The summed E-state index contributed by atoms with van der Waals surface area (Å²) < 4.78 is 0. The van der Waals surface area contributed by atoms with Gasteiger partial charge in [0.15, 0.2) is 5.78 Å². The maximum absolute atomic E-state index is 11.4. The van der Waals surface area contributed by atoms with Crippen LogP contribution in [0.5, 0.6) is 0 Å². The first kappa shape index (κ1) is 9.04. The molecule has 66 valence electrons. The number of ketones is 1. The van der Waals surface area contributed by atoms with Gasteiger partial charge in [-0.15, -0.1) is 0 Å². The number of aromatic nitrogens is 1. The molecule has 0 spiro atoms. The number of nitrogens with one attached hydrogen (secondary N) is 1. The van der Waals surface area contributed by atoms with Gasteiger partial charge < -0.3 is 4.98 Å². The Hall–Kier alpha value is -1.05. The highest BCUT2D eigenvalue weighted by Crippen LogP contribution is 2.12. The first-order valence-corrected chi connectivity index (χ1v) is 4.40. The van der Waals surface area contributed by atoms with Crippen LogP contribution in [0.25, 0.3) is 0 Å². The number of aromatic amines is 1. The average Bonchev–Trinajstić information content (AvgIpc) is 2.45. The van der Waals surface area contributed by atoms with Crippen molar-refractivity contribution in [2.75, 3.05) is 0 Å². The summed E-state index contributed by atoms with van der Waals surface area (Å²) in [7, 11) is 0. The SMILES string of the molecule is CCC(=O)c1[nH]c(C)cc1CC. The Labute approximate surface area is 73.0 Å². The van der Waals surface area contributed by atoms with E-state index < -0.39 is 0 Å². The summed E-state index contributed by atoms with van der Waals surface area (Å²) in [6.45, 7) is 5.93. The fourth-order valence-corrected chi connectivity index (χ4v) is 1.35. The van der Waals surface area contributed by atoms with E-state index in [1.54, 1.807) is 0 Å². The van der Waals surface area contributed by atoms with E-state index >= 15 is 0 Å². The normalized spacial score (nSPS) is 10.2. The van der Waals surface area contributed by atoms with Crippen molar-refractivity contribution in [2.24, 2.45) is 0 Å². The van der Waals surface area contributed by atoms with Crippen LogP contribution in [-0.2, 0) is 6.42 Å². The molecule has 0 atom stereocenters. The van der Waals surface area contributed by atoms with E-state index in [4.69, 9.17) is 0 Å². The maximum atomic E-state index is 11.4. The molecule has 1 aromatic rings. The number of Topliss-reactive ketones (excluding diaryl/α,β-unsaturated/α-hetero) is 1. The molecule has 0 amide bonds. The van der Waals surface area contributed by atoms with Crippen molar-refractivity contribution >= 4 is 5.78 Å². The fraction of sp³-hybridized carbons (Fsp3) is 0.500. The highest BCUT2D eigenvalue weighted by atomic mass is 16.1. The van der Waals surface area contributed by atoms with Crippen LogP contribution in [0, 0.1) is 6.92 Å². The van der Waals surface area contributed by atoms with Gasteiger partial charge in [0.05, 0.1) is 5.69 Å². The molecule has 0 aromatic carbocycles. The molecule has 0 saturated carbocycles. The molecule has 0 aliphatic rings. The molecule has 0 aliphatic carbocycles. The van der Waals surface area contributed by atoms with Crippen molar-refractivity contribution in [3.05, 3.63) is 23.0 Å². The summed E-state index contributed by atoms with van der Waals surface area (Å²) in [5.41, 5.74) is 3.01. The first-order valence-electron chi connectivity index (χ1n) is 4.40. The molecule has 12 heavy (non-hydrogen) atoms. The van der Waals surface area contributed by atoms with Gasteiger partial charge in [0, 0.05) is 12.1 Å². The second kappa shape index (κ2) is 3.57. The van der Waals surface area contributed by atoms with Gasteiger partial charge >= 0.3 is 0 Å². The minimum absolute atomic E-state index is 0.208. The third-order valence-electron chi connectivity index (χ3n) is 2.01. The lowest BCUT2D eigenvalue weighted by Crippen LogP contribution is -2.00. The van der Waals surface area contributed by atoms with Crippen LogP contribution in [0.3, 0.4) is 0 Å². The zero-order chi connectivity index (χ0) is 9.14. The van der Waals surface area contributed by atoms with Gasteiger partial charge in [-0.3, -0.25) is 4.79 Å². The van der Waals surface area contributed by atoms with Gasteiger partial charge in [0.2, 0.25) is 0 Å². The van der Waals surface area contributed by atoms with E-state index in [1.807, 2.05) is 19.9 Å². The molecular weight excluding hydrogens is 150 g/mol. The van der Waals surface area contributed by atoms with E-state index in [1.165, 1.54) is 0 Å². The summed E-state index contributed by atoms with van der Waals surface area (Å²) in [6.07, 6.45) is 1.50. The van der Waals surface area contributed by atoms with E-state index in [2.05, 4.69) is 11.9 Å². The Morgan fingerprint density at radius 2 is 2.17 bits per heavy atom. The summed E-state index contributed by atoms with van der Waals surface area (Å²) in [5, 5.41) is 0. The minimum atomic E-state index is 0.208. The molecule has 0 bridgehead atoms. The quantitative estimate of drug-likeness (QED) is 0.686. The zero-order valence-corrected chi connectivity index (χ0v) is 7.90. The van der Waals surface area contributed by atoms with Crippen molar-refractivity contribution in [3.8, 4) is 0 Å². The van der Waals surface area contributed by atoms with Gasteiger partial charge in [-0.2, -0.15) is 0 Å². The molecule has 0 aliphatic heterocycles. The second-order valence-electron chi connectivity index (χ2n) is 2.98. The lowest BCUT2D eigenvalue weighted by molar-refractivity contribution is 0.0983. The lowest BCUT2D eigenvalue weighted by atomic mass is 10.1. The maximum Gasteiger partial charge on any atom is 0.179 e. The highest BCUT2D eigenvalue weighted by Gasteiger charge is 2.10. The number of carbonyl (C=O) groups is 1. The summed E-state index contributed by atoms with van der Waals surface area (Å²) in [5.74, 6) is 0.208. The third-order valence-corrected chi connectivity index (χ3v) is 2.01. The average molecular weight is 165 g/mol. The molecule has 2 nitrogen and oxygen atoms in total. The Balaban J connectivity index is 3.04. The lowest BCUT2D eigenvalue weighted by Gasteiger charge is -1.96. The van der Waals surface area contributed by atoms with Gasteiger partial charge in [-0.1, -0.05) is 13.8 Å². The second-order valence-corrected chi connectivity index (χ2v) is 2.98. The molecule has 1 heterocycles. The van der Waals surface area contributed by atoms with Crippen molar-refractivity contribution in [2.45, 2.75) is 33.6 Å². The van der Waals surface area contributed by atoms with Crippen molar-refractivity contribution in [1.82, 2.24) is 4.98 Å². The molecule has 1 aromatic heterocycles. The number of H-pyrrole nitrogens is 1. The Bertz CT molecular complexity index is 286. The van der Waals surface area contributed by atoms with Crippen LogP contribution in [-0.4, -0.2) is 10.8 Å². The predicted molar refractivity (Wildman–Crippen MR) is 49.5 cm³/mol. The van der Waals surface area contributed by atoms with Crippen LogP contribution in [0.15, 0.2) is 6.07 Å². The molecule has 0 radical (unpaired) electrons. The number of carbonyl (C=O) groups excluding carboxylic acids is 1.